The number of amides is 1. The number of benzene rings is 1. The minimum Gasteiger partial charge on any atom is -0.497 e. The second-order valence-electron chi connectivity index (χ2n) is 6.42. The van der Waals surface area contributed by atoms with E-state index >= 15 is 0 Å². The number of hydrogen-bond donors (Lipinski definition) is 0. The van der Waals surface area contributed by atoms with E-state index in [9.17, 15) is 4.79 Å². The number of methoxy groups -OCH3 is 1. The van der Waals surface area contributed by atoms with Crippen LogP contribution in [-0.2, 0) is 11.2 Å². The maximum atomic E-state index is 12.8. The zero-order valence-corrected chi connectivity index (χ0v) is 14.2. The highest BCUT2D eigenvalue weighted by atomic mass is 16.5. The first-order valence-electron chi connectivity index (χ1n) is 8.55. The molecule has 1 fully saturated rings. The molecule has 6 nitrogen and oxygen atoms in total. The fourth-order valence-electron chi connectivity index (χ4n) is 3.50. The SMILES string of the molecule is COc1ccc2c(CC(=O)N3CCC[C@@H](n4cccn4)C3)coc2c1. The van der Waals surface area contributed by atoms with E-state index in [1.165, 1.54) is 0 Å². The summed E-state index contributed by atoms with van der Waals surface area (Å²) in [6.45, 7) is 1.52. The first-order valence-corrected chi connectivity index (χ1v) is 8.55. The van der Waals surface area contributed by atoms with Gasteiger partial charge in [0, 0.05) is 42.5 Å². The Hall–Kier alpha value is -2.76. The number of carbonyl (C=O) groups is 1. The molecule has 0 bridgehead atoms. The molecule has 0 unspecified atom stereocenters. The molecule has 3 aromatic rings. The molecule has 25 heavy (non-hydrogen) atoms. The van der Waals surface area contributed by atoms with Crippen molar-refractivity contribution in [3.63, 3.8) is 0 Å². The van der Waals surface area contributed by atoms with Crippen molar-refractivity contribution in [1.29, 1.82) is 0 Å². The lowest BCUT2D eigenvalue weighted by atomic mass is 10.0. The molecule has 0 aliphatic carbocycles. The van der Waals surface area contributed by atoms with E-state index in [1.54, 1.807) is 19.6 Å². The van der Waals surface area contributed by atoms with Crippen LogP contribution in [0, 0.1) is 0 Å². The lowest BCUT2D eigenvalue weighted by molar-refractivity contribution is -0.132. The van der Waals surface area contributed by atoms with Gasteiger partial charge in [-0.1, -0.05) is 0 Å². The van der Waals surface area contributed by atoms with Gasteiger partial charge in [-0.15, -0.1) is 0 Å². The molecule has 1 saturated heterocycles. The molecule has 6 heteroatoms. The second-order valence-corrected chi connectivity index (χ2v) is 6.42. The molecule has 1 aliphatic heterocycles. The van der Waals surface area contributed by atoms with Crippen LogP contribution in [0.2, 0.25) is 0 Å². The van der Waals surface area contributed by atoms with Gasteiger partial charge in [0.25, 0.3) is 0 Å². The number of carbonyl (C=O) groups excluding carboxylic acids is 1. The fourth-order valence-corrected chi connectivity index (χ4v) is 3.50. The summed E-state index contributed by atoms with van der Waals surface area (Å²) in [5.41, 5.74) is 1.67. The maximum absolute atomic E-state index is 12.8. The van der Waals surface area contributed by atoms with E-state index in [4.69, 9.17) is 9.15 Å². The van der Waals surface area contributed by atoms with Crippen molar-refractivity contribution in [3.8, 4) is 5.75 Å². The van der Waals surface area contributed by atoms with Crippen LogP contribution >= 0.6 is 0 Å². The van der Waals surface area contributed by atoms with E-state index in [1.807, 2.05) is 40.0 Å². The summed E-state index contributed by atoms with van der Waals surface area (Å²) in [6.07, 6.45) is 7.84. The third-order valence-corrected chi connectivity index (χ3v) is 4.85. The molecule has 130 valence electrons. The van der Waals surface area contributed by atoms with Crippen LogP contribution in [0.25, 0.3) is 11.0 Å². The standard InChI is InChI=1S/C19H21N3O3/c1-24-16-5-6-17-14(13-25-18(17)11-16)10-19(23)21-8-2-4-15(12-21)22-9-3-7-20-22/h3,5-7,9,11,13,15H,2,4,8,10,12H2,1H3/t15-/m1/s1. The van der Waals surface area contributed by atoms with Crippen molar-refractivity contribution in [2.75, 3.05) is 20.2 Å². The van der Waals surface area contributed by atoms with Crippen LogP contribution in [0.4, 0.5) is 0 Å². The lowest BCUT2D eigenvalue weighted by Crippen LogP contribution is -2.41. The third kappa shape index (κ3) is 3.12. The van der Waals surface area contributed by atoms with Crippen LogP contribution in [0.15, 0.2) is 47.3 Å². The van der Waals surface area contributed by atoms with Gasteiger partial charge in [-0.05, 0) is 31.0 Å². The molecule has 1 amide bonds. The average molecular weight is 339 g/mol. The number of likely N-dealkylation sites (tertiary alicyclic amines) is 1. The molecule has 0 spiro atoms. The third-order valence-electron chi connectivity index (χ3n) is 4.85. The molecule has 3 heterocycles. The monoisotopic (exact) mass is 339 g/mol. The number of aromatic nitrogens is 2. The molecule has 1 aliphatic rings. The van der Waals surface area contributed by atoms with E-state index in [2.05, 4.69) is 5.10 Å². The van der Waals surface area contributed by atoms with Gasteiger partial charge < -0.3 is 14.1 Å². The second kappa shape index (κ2) is 6.63. The minimum absolute atomic E-state index is 0.135. The van der Waals surface area contributed by atoms with Gasteiger partial charge in [0.15, 0.2) is 0 Å². The summed E-state index contributed by atoms with van der Waals surface area (Å²) in [7, 11) is 1.63. The van der Waals surface area contributed by atoms with Crippen LogP contribution in [-0.4, -0.2) is 40.8 Å². The van der Waals surface area contributed by atoms with E-state index < -0.39 is 0 Å². The van der Waals surface area contributed by atoms with Crippen molar-refractivity contribution in [1.82, 2.24) is 14.7 Å². The van der Waals surface area contributed by atoms with Crippen molar-refractivity contribution in [2.45, 2.75) is 25.3 Å². The molecule has 0 N–H and O–H groups in total. The van der Waals surface area contributed by atoms with Crippen LogP contribution < -0.4 is 4.74 Å². The summed E-state index contributed by atoms with van der Waals surface area (Å²) in [6, 6.07) is 7.87. The van der Waals surface area contributed by atoms with Crippen molar-refractivity contribution < 1.29 is 13.9 Å². The molecule has 4 rings (SSSR count). The van der Waals surface area contributed by atoms with Crippen LogP contribution in [0.3, 0.4) is 0 Å². The lowest BCUT2D eigenvalue weighted by Gasteiger charge is -2.33. The molecule has 0 radical (unpaired) electrons. The summed E-state index contributed by atoms with van der Waals surface area (Å²) >= 11 is 0. The van der Waals surface area contributed by atoms with Gasteiger partial charge >= 0.3 is 0 Å². The largest absolute Gasteiger partial charge is 0.497 e. The summed E-state index contributed by atoms with van der Waals surface area (Å²) in [5, 5.41) is 5.29. The summed E-state index contributed by atoms with van der Waals surface area (Å²) in [5.74, 6) is 0.883. The van der Waals surface area contributed by atoms with Crippen molar-refractivity contribution in [3.05, 3.63) is 48.5 Å². The Labute approximate surface area is 146 Å². The predicted molar refractivity (Wildman–Crippen MR) is 93.5 cm³/mol. The molecule has 0 saturated carbocycles. The number of furan rings is 1. The number of piperidine rings is 1. The zero-order valence-electron chi connectivity index (χ0n) is 14.2. The highest BCUT2D eigenvalue weighted by Gasteiger charge is 2.25. The smallest absolute Gasteiger partial charge is 0.227 e. The number of hydrogen-bond acceptors (Lipinski definition) is 4. The van der Waals surface area contributed by atoms with Crippen molar-refractivity contribution in [2.24, 2.45) is 0 Å². The van der Waals surface area contributed by atoms with Gasteiger partial charge in [-0.3, -0.25) is 9.48 Å². The molecule has 1 atom stereocenters. The van der Waals surface area contributed by atoms with Crippen molar-refractivity contribution >= 4 is 16.9 Å². The molecular formula is C19H21N3O3. The van der Waals surface area contributed by atoms with Gasteiger partial charge in [0.1, 0.15) is 11.3 Å². The van der Waals surface area contributed by atoms with E-state index in [0.717, 1.165) is 41.7 Å². The van der Waals surface area contributed by atoms with Crippen LogP contribution in [0.5, 0.6) is 5.75 Å². The highest BCUT2D eigenvalue weighted by Crippen LogP contribution is 2.27. The number of rotatable bonds is 4. The molecular weight excluding hydrogens is 318 g/mol. The number of fused-ring (bicyclic) bond motifs is 1. The fraction of sp³-hybridized carbons (Fsp3) is 0.368. The number of nitrogens with zero attached hydrogens (tertiary/aromatic N) is 3. The number of ether oxygens (including phenoxy) is 1. The van der Waals surface area contributed by atoms with Gasteiger partial charge in [0.2, 0.25) is 5.91 Å². The minimum atomic E-state index is 0.135. The van der Waals surface area contributed by atoms with E-state index in [-0.39, 0.29) is 11.9 Å². The Balaban J connectivity index is 1.48. The first kappa shape index (κ1) is 15.7. The average Bonchev–Trinajstić information content (AvgIpc) is 3.32. The summed E-state index contributed by atoms with van der Waals surface area (Å²) in [4.78, 5) is 14.7. The Morgan fingerprint density at radius 2 is 2.36 bits per heavy atom. The topological polar surface area (TPSA) is 60.5 Å². The zero-order chi connectivity index (χ0) is 17.2. The van der Waals surface area contributed by atoms with Gasteiger partial charge in [-0.2, -0.15) is 5.10 Å². The quantitative estimate of drug-likeness (QED) is 0.733. The normalized spacial score (nSPS) is 17.8. The predicted octanol–water partition coefficient (Wildman–Crippen LogP) is 3.04. The summed E-state index contributed by atoms with van der Waals surface area (Å²) < 4.78 is 12.8. The first-order chi connectivity index (χ1) is 12.2. The Bertz CT molecular complexity index is 869. The highest BCUT2D eigenvalue weighted by molar-refractivity contribution is 5.88. The van der Waals surface area contributed by atoms with Gasteiger partial charge in [0.05, 0.1) is 25.8 Å². The molecule has 2 aromatic heterocycles. The molecule has 1 aromatic carbocycles. The van der Waals surface area contributed by atoms with Gasteiger partial charge in [-0.25, -0.2) is 0 Å². The van der Waals surface area contributed by atoms with E-state index in [0.29, 0.717) is 13.0 Å². The Morgan fingerprint density at radius 3 is 3.16 bits per heavy atom. The Morgan fingerprint density at radius 1 is 1.44 bits per heavy atom. The maximum Gasteiger partial charge on any atom is 0.227 e. The van der Waals surface area contributed by atoms with Crippen LogP contribution in [0.1, 0.15) is 24.4 Å². The Kier molecular flexibility index (Phi) is 4.17.